The number of allylic oxidation sites excluding steroid dienone is 5. The zero-order valence-corrected chi connectivity index (χ0v) is 7.77. The van der Waals surface area contributed by atoms with E-state index >= 15 is 0 Å². The molecule has 1 heteroatoms. The average molecular weight is 171 g/mol. The van der Waals surface area contributed by atoms with E-state index in [2.05, 4.69) is 24.8 Å². The zero-order valence-electron chi connectivity index (χ0n) is 7.02. The zero-order chi connectivity index (χ0) is 8.53. The minimum Gasteiger partial charge on any atom is -0.126 e. The molecular formula is C10H15Cl. The fourth-order valence-corrected chi connectivity index (χ4v) is 0.751. The number of hydrogen-bond donors (Lipinski definition) is 0. The molecule has 0 atom stereocenters. The van der Waals surface area contributed by atoms with Crippen molar-refractivity contribution in [2.24, 2.45) is 0 Å². The number of hydrogen-bond acceptors (Lipinski definition) is 0. The second kappa shape index (κ2) is 7.62. The lowest BCUT2D eigenvalue weighted by Gasteiger charge is -1.84. The summed E-state index contributed by atoms with van der Waals surface area (Å²) in [6.07, 6.45) is 10.3. The molecule has 62 valence electrons. The van der Waals surface area contributed by atoms with Gasteiger partial charge in [0, 0.05) is 5.88 Å². The molecule has 0 nitrogen and oxygen atoms in total. The molecule has 0 aliphatic rings. The SMILES string of the molecule is C=C(C)C=CCC=CCCCl. The Kier molecular flexibility index (Phi) is 7.28. The van der Waals surface area contributed by atoms with Crippen LogP contribution in [-0.4, -0.2) is 5.88 Å². The normalized spacial score (nSPS) is 11.5. The van der Waals surface area contributed by atoms with E-state index in [1.807, 2.05) is 13.0 Å². The minimum absolute atomic E-state index is 0.709. The Balaban J connectivity index is 3.33. The molecule has 0 saturated carbocycles. The average Bonchev–Trinajstić information content (AvgIpc) is 1.96. The summed E-state index contributed by atoms with van der Waals surface area (Å²) in [4.78, 5) is 0. The molecule has 0 N–H and O–H groups in total. The van der Waals surface area contributed by atoms with Crippen molar-refractivity contribution < 1.29 is 0 Å². The van der Waals surface area contributed by atoms with Gasteiger partial charge in [0.1, 0.15) is 0 Å². The quantitative estimate of drug-likeness (QED) is 0.335. The summed E-state index contributed by atoms with van der Waals surface area (Å²) in [6, 6.07) is 0. The molecule has 11 heavy (non-hydrogen) atoms. The predicted molar refractivity (Wildman–Crippen MR) is 53.0 cm³/mol. The molecule has 0 fully saturated rings. The van der Waals surface area contributed by atoms with Gasteiger partial charge in [-0.3, -0.25) is 0 Å². The van der Waals surface area contributed by atoms with E-state index in [0.29, 0.717) is 5.88 Å². The molecule has 0 aromatic heterocycles. The fraction of sp³-hybridized carbons (Fsp3) is 0.400. The van der Waals surface area contributed by atoms with Crippen LogP contribution in [0.5, 0.6) is 0 Å². The van der Waals surface area contributed by atoms with E-state index in [-0.39, 0.29) is 0 Å². The fourth-order valence-electron chi connectivity index (χ4n) is 0.625. The molecule has 0 aromatic rings. The van der Waals surface area contributed by atoms with Gasteiger partial charge in [-0.05, 0) is 19.8 Å². The highest BCUT2D eigenvalue weighted by Gasteiger charge is 1.74. The summed E-state index contributed by atoms with van der Waals surface area (Å²) in [5, 5.41) is 0. The molecule has 0 unspecified atom stereocenters. The van der Waals surface area contributed by atoms with Gasteiger partial charge in [-0.2, -0.15) is 0 Å². The second-order valence-electron chi connectivity index (χ2n) is 2.43. The molecule has 0 amide bonds. The summed E-state index contributed by atoms with van der Waals surface area (Å²) in [5.74, 6) is 0.709. The molecule has 0 aliphatic carbocycles. The number of rotatable bonds is 5. The third kappa shape index (κ3) is 9.51. The van der Waals surface area contributed by atoms with Gasteiger partial charge in [0.25, 0.3) is 0 Å². The Morgan fingerprint density at radius 3 is 2.64 bits per heavy atom. The summed E-state index contributed by atoms with van der Waals surface area (Å²) in [5.41, 5.74) is 1.09. The maximum Gasteiger partial charge on any atom is 0.0258 e. The van der Waals surface area contributed by atoms with Crippen molar-refractivity contribution in [3.63, 3.8) is 0 Å². The van der Waals surface area contributed by atoms with E-state index in [4.69, 9.17) is 11.6 Å². The summed E-state index contributed by atoms with van der Waals surface area (Å²) in [6.45, 7) is 5.74. The first-order valence-electron chi connectivity index (χ1n) is 3.80. The van der Waals surface area contributed by atoms with Crippen LogP contribution in [-0.2, 0) is 0 Å². The van der Waals surface area contributed by atoms with Crippen LogP contribution in [0.4, 0.5) is 0 Å². The van der Waals surface area contributed by atoms with Crippen molar-refractivity contribution in [3.8, 4) is 0 Å². The van der Waals surface area contributed by atoms with Gasteiger partial charge in [-0.1, -0.05) is 36.5 Å². The first-order chi connectivity index (χ1) is 5.27. The number of halogens is 1. The van der Waals surface area contributed by atoms with Gasteiger partial charge < -0.3 is 0 Å². The monoisotopic (exact) mass is 170 g/mol. The van der Waals surface area contributed by atoms with Crippen LogP contribution in [0.15, 0.2) is 36.5 Å². The highest BCUT2D eigenvalue weighted by molar-refractivity contribution is 6.17. The highest BCUT2D eigenvalue weighted by atomic mass is 35.5. The lowest BCUT2D eigenvalue weighted by molar-refractivity contribution is 1.21. The van der Waals surface area contributed by atoms with E-state index in [0.717, 1.165) is 18.4 Å². The predicted octanol–water partition coefficient (Wildman–Crippen LogP) is 3.69. The van der Waals surface area contributed by atoms with Gasteiger partial charge >= 0.3 is 0 Å². The van der Waals surface area contributed by atoms with E-state index < -0.39 is 0 Å². The topological polar surface area (TPSA) is 0 Å². The molecule has 0 aliphatic heterocycles. The summed E-state index contributed by atoms with van der Waals surface area (Å²) < 4.78 is 0. The van der Waals surface area contributed by atoms with Crippen LogP contribution < -0.4 is 0 Å². The first kappa shape index (κ1) is 10.5. The lowest BCUT2D eigenvalue weighted by Crippen LogP contribution is -1.66. The van der Waals surface area contributed by atoms with Crippen LogP contribution in [0, 0.1) is 0 Å². The van der Waals surface area contributed by atoms with Crippen LogP contribution in [0.3, 0.4) is 0 Å². The Bertz CT molecular complexity index is 154. The summed E-state index contributed by atoms with van der Waals surface area (Å²) in [7, 11) is 0. The smallest absolute Gasteiger partial charge is 0.0258 e. The molecule has 0 spiro atoms. The maximum absolute atomic E-state index is 5.48. The Hall–Kier alpha value is -0.490. The Morgan fingerprint density at radius 1 is 1.36 bits per heavy atom. The second-order valence-corrected chi connectivity index (χ2v) is 2.81. The minimum atomic E-state index is 0.709. The van der Waals surface area contributed by atoms with Crippen molar-refractivity contribution in [2.45, 2.75) is 19.8 Å². The number of alkyl halides is 1. The molecule has 0 radical (unpaired) electrons. The standard InChI is InChI=1S/C10H15Cl/c1-10(2)8-6-4-3-5-7-9-11/h3,5-6,8H,1,4,7,9H2,2H3. The van der Waals surface area contributed by atoms with Crippen molar-refractivity contribution >= 4 is 11.6 Å². The van der Waals surface area contributed by atoms with Crippen molar-refractivity contribution in [3.05, 3.63) is 36.5 Å². The molecule has 0 saturated heterocycles. The van der Waals surface area contributed by atoms with Crippen molar-refractivity contribution in [1.29, 1.82) is 0 Å². The van der Waals surface area contributed by atoms with Crippen molar-refractivity contribution in [2.75, 3.05) is 5.88 Å². The van der Waals surface area contributed by atoms with Gasteiger partial charge in [-0.25, -0.2) is 0 Å². The third-order valence-electron chi connectivity index (χ3n) is 1.12. The van der Waals surface area contributed by atoms with Crippen molar-refractivity contribution in [1.82, 2.24) is 0 Å². The molecule has 0 heterocycles. The summed E-state index contributed by atoms with van der Waals surface area (Å²) >= 11 is 5.48. The van der Waals surface area contributed by atoms with Gasteiger partial charge in [0.15, 0.2) is 0 Å². The third-order valence-corrected chi connectivity index (χ3v) is 1.34. The van der Waals surface area contributed by atoms with Gasteiger partial charge in [0.2, 0.25) is 0 Å². The first-order valence-corrected chi connectivity index (χ1v) is 4.34. The Labute approximate surface area is 74.3 Å². The van der Waals surface area contributed by atoms with Crippen LogP contribution >= 0.6 is 11.6 Å². The van der Waals surface area contributed by atoms with E-state index in [1.165, 1.54) is 0 Å². The molecular weight excluding hydrogens is 156 g/mol. The molecule has 0 bridgehead atoms. The van der Waals surface area contributed by atoms with E-state index in [9.17, 15) is 0 Å². The highest BCUT2D eigenvalue weighted by Crippen LogP contribution is 1.94. The van der Waals surface area contributed by atoms with Crippen LogP contribution in [0.1, 0.15) is 19.8 Å². The van der Waals surface area contributed by atoms with Gasteiger partial charge in [0.05, 0.1) is 0 Å². The molecule has 0 aromatic carbocycles. The Morgan fingerprint density at radius 2 is 2.09 bits per heavy atom. The van der Waals surface area contributed by atoms with Crippen LogP contribution in [0.2, 0.25) is 0 Å². The molecule has 0 rings (SSSR count). The largest absolute Gasteiger partial charge is 0.126 e. The lowest BCUT2D eigenvalue weighted by atomic mass is 10.2. The van der Waals surface area contributed by atoms with Gasteiger partial charge in [-0.15, -0.1) is 11.6 Å². The van der Waals surface area contributed by atoms with Crippen LogP contribution in [0.25, 0.3) is 0 Å². The maximum atomic E-state index is 5.48. The van der Waals surface area contributed by atoms with E-state index in [1.54, 1.807) is 0 Å².